The van der Waals surface area contributed by atoms with E-state index < -0.39 is 9.84 Å². The molecular weight excluding hydrogens is 280 g/mol. The Morgan fingerprint density at radius 1 is 1.50 bits per heavy atom. The summed E-state index contributed by atoms with van der Waals surface area (Å²) in [6.45, 7) is 4.06. The SMILES string of the molecule is Cc1ccc([C@H](C)NC(=O)NC[C@H]2CCS(=O)(=O)C2)o1. The third kappa shape index (κ3) is 4.00. The van der Waals surface area contributed by atoms with Crippen molar-refractivity contribution in [3.05, 3.63) is 23.7 Å². The standard InChI is InChI=1S/C13H20N2O4S/c1-9-3-4-12(19-9)10(2)15-13(16)14-7-11-5-6-20(17,18)8-11/h3-4,10-11H,5-8H2,1-2H3,(H2,14,15,16)/t10-,11+/m0/s1. The Morgan fingerprint density at radius 3 is 2.80 bits per heavy atom. The number of carbonyl (C=O) groups is 1. The highest BCUT2D eigenvalue weighted by atomic mass is 32.2. The summed E-state index contributed by atoms with van der Waals surface area (Å²) in [5.74, 6) is 1.90. The van der Waals surface area contributed by atoms with Gasteiger partial charge in [-0.2, -0.15) is 0 Å². The number of urea groups is 1. The highest BCUT2D eigenvalue weighted by molar-refractivity contribution is 7.91. The average Bonchev–Trinajstić information content (AvgIpc) is 2.93. The highest BCUT2D eigenvalue weighted by Crippen LogP contribution is 2.18. The molecule has 1 fully saturated rings. The maximum Gasteiger partial charge on any atom is 0.315 e. The Kier molecular flexibility index (Phi) is 4.37. The van der Waals surface area contributed by atoms with E-state index in [9.17, 15) is 13.2 Å². The molecule has 0 aliphatic carbocycles. The van der Waals surface area contributed by atoms with E-state index >= 15 is 0 Å². The molecule has 1 aromatic rings. The van der Waals surface area contributed by atoms with Crippen LogP contribution < -0.4 is 10.6 Å². The summed E-state index contributed by atoms with van der Waals surface area (Å²) in [6.07, 6.45) is 0.621. The lowest BCUT2D eigenvalue weighted by molar-refractivity contribution is 0.234. The third-order valence-corrected chi connectivity index (χ3v) is 5.25. The van der Waals surface area contributed by atoms with Gasteiger partial charge in [0.15, 0.2) is 9.84 Å². The summed E-state index contributed by atoms with van der Waals surface area (Å²) < 4.78 is 28.0. The van der Waals surface area contributed by atoms with Crippen molar-refractivity contribution in [3.63, 3.8) is 0 Å². The second-order valence-corrected chi connectivity index (χ2v) is 7.52. The highest BCUT2D eigenvalue weighted by Gasteiger charge is 2.28. The molecule has 6 nitrogen and oxygen atoms in total. The maximum atomic E-state index is 11.7. The van der Waals surface area contributed by atoms with Gasteiger partial charge in [0.25, 0.3) is 0 Å². The predicted octanol–water partition coefficient (Wildman–Crippen LogP) is 1.38. The second kappa shape index (κ2) is 5.87. The summed E-state index contributed by atoms with van der Waals surface area (Å²) >= 11 is 0. The molecule has 1 aromatic heterocycles. The van der Waals surface area contributed by atoms with Gasteiger partial charge in [-0.15, -0.1) is 0 Å². The van der Waals surface area contributed by atoms with Gasteiger partial charge in [0.1, 0.15) is 11.5 Å². The van der Waals surface area contributed by atoms with Crippen molar-refractivity contribution in [2.45, 2.75) is 26.3 Å². The summed E-state index contributed by atoms with van der Waals surface area (Å²) in [6, 6.07) is 3.13. The largest absolute Gasteiger partial charge is 0.464 e. The first-order chi connectivity index (χ1) is 9.35. The molecule has 20 heavy (non-hydrogen) atoms. The molecule has 0 spiro atoms. The van der Waals surface area contributed by atoms with Gasteiger partial charge < -0.3 is 15.1 Å². The fourth-order valence-electron chi connectivity index (χ4n) is 2.27. The number of hydrogen-bond donors (Lipinski definition) is 2. The molecular formula is C13H20N2O4S. The molecule has 2 amide bonds. The van der Waals surface area contributed by atoms with Gasteiger partial charge >= 0.3 is 6.03 Å². The number of carbonyl (C=O) groups excluding carboxylic acids is 1. The third-order valence-electron chi connectivity index (χ3n) is 3.41. The molecule has 0 bridgehead atoms. The van der Waals surface area contributed by atoms with Crippen LogP contribution in [0, 0.1) is 12.8 Å². The van der Waals surface area contributed by atoms with Crippen LogP contribution in [0.2, 0.25) is 0 Å². The molecule has 2 atom stereocenters. The van der Waals surface area contributed by atoms with Crippen molar-refractivity contribution < 1.29 is 17.6 Å². The molecule has 7 heteroatoms. The van der Waals surface area contributed by atoms with Crippen molar-refractivity contribution in [2.24, 2.45) is 5.92 Å². The number of sulfone groups is 1. The fraction of sp³-hybridized carbons (Fsp3) is 0.615. The van der Waals surface area contributed by atoms with E-state index in [1.54, 1.807) is 0 Å². The Hall–Kier alpha value is -1.50. The monoisotopic (exact) mass is 300 g/mol. The van der Waals surface area contributed by atoms with E-state index in [1.807, 2.05) is 26.0 Å². The lowest BCUT2D eigenvalue weighted by Gasteiger charge is -2.14. The summed E-state index contributed by atoms with van der Waals surface area (Å²) in [7, 11) is -2.89. The van der Waals surface area contributed by atoms with Crippen molar-refractivity contribution >= 4 is 15.9 Å². The van der Waals surface area contributed by atoms with E-state index in [-0.39, 0.29) is 29.5 Å². The molecule has 2 N–H and O–H groups in total. The van der Waals surface area contributed by atoms with Crippen molar-refractivity contribution in [3.8, 4) is 0 Å². The van der Waals surface area contributed by atoms with Gasteiger partial charge in [0, 0.05) is 6.54 Å². The van der Waals surface area contributed by atoms with Crippen LogP contribution in [0.25, 0.3) is 0 Å². The molecule has 1 aliphatic rings. The Morgan fingerprint density at radius 2 is 2.25 bits per heavy atom. The van der Waals surface area contributed by atoms with Crippen LogP contribution in [0.3, 0.4) is 0 Å². The van der Waals surface area contributed by atoms with E-state index in [0.717, 1.165) is 5.76 Å². The molecule has 0 aromatic carbocycles. The number of rotatable bonds is 4. The number of aryl methyl sites for hydroxylation is 1. The predicted molar refractivity (Wildman–Crippen MR) is 75.2 cm³/mol. The molecule has 1 saturated heterocycles. The summed E-state index contributed by atoms with van der Waals surface area (Å²) in [5, 5.41) is 5.47. The quantitative estimate of drug-likeness (QED) is 0.879. The zero-order valence-electron chi connectivity index (χ0n) is 11.7. The van der Waals surface area contributed by atoms with Crippen LogP contribution in [-0.4, -0.2) is 32.5 Å². The molecule has 0 unspecified atom stereocenters. The lowest BCUT2D eigenvalue weighted by atomic mass is 10.1. The van der Waals surface area contributed by atoms with Crippen molar-refractivity contribution in [1.82, 2.24) is 10.6 Å². The van der Waals surface area contributed by atoms with Crippen LogP contribution in [0.15, 0.2) is 16.5 Å². The zero-order chi connectivity index (χ0) is 14.8. The number of furan rings is 1. The normalized spacial score (nSPS) is 22.4. The van der Waals surface area contributed by atoms with Crippen LogP contribution in [-0.2, 0) is 9.84 Å². The minimum atomic E-state index is -2.89. The minimum absolute atomic E-state index is 0.0203. The number of nitrogens with one attached hydrogen (secondary N) is 2. The van der Waals surface area contributed by atoms with Gasteiger partial charge in [0.2, 0.25) is 0 Å². The lowest BCUT2D eigenvalue weighted by Crippen LogP contribution is -2.39. The number of hydrogen-bond acceptors (Lipinski definition) is 4. The van der Waals surface area contributed by atoms with Gasteiger partial charge in [0.05, 0.1) is 17.5 Å². The second-order valence-electron chi connectivity index (χ2n) is 5.29. The summed E-state index contributed by atoms with van der Waals surface area (Å²) in [4.78, 5) is 11.7. The fourth-order valence-corrected chi connectivity index (χ4v) is 4.14. The van der Waals surface area contributed by atoms with E-state index in [1.165, 1.54) is 0 Å². The van der Waals surface area contributed by atoms with Crippen LogP contribution >= 0.6 is 0 Å². The minimum Gasteiger partial charge on any atom is -0.464 e. The van der Waals surface area contributed by atoms with E-state index in [4.69, 9.17) is 4.42 Å². The molecule has 112 valence electrons. The number of amides is 2. The Balaban J connectivity index is 1.76. The molecule has 0 radical (unpaired) electrons. The van der Waals surface area contributed by atoms with Crippen molar-refractivity contribution in [2.75, 3.05) is 18.1 Å². The Labute approximate surface area is 118 Å². The maximum absolute atomic E-state index is 11.7. The molecule has 2 heterocycles. The first-order valence-corrected chi connectivity index (χ1v) is 8.49. The summed E-state index contributed by atoms with van der Waals surface area (Å²) in [5.41, 5.74) is 0. The van der Waals surface area contributed by atoms with Gasteiger partial charge in [-0.05, 0) is 38.3 Å². The van der Waals surface area contributed by atoms with Crippen molar-refractivity contribution in [1.29, 1.82) is 0 Å². The van der Waals surface area contributed by atoms with Crippen LogP contribution in [0.1, 0.15) is 30.9 Å². The van der Waals surface area contributed by atoms with Gasteiger partial charge in [-0.3, -0.25) is 0 Å². The molecule has 0 saturated carbocycles. The molecule has 1 aliphatic heterocycles. The van der Waals surface area contributed by atoms with Gasteiger partial charge in [-0.1, -0.05) is 0 Å². The van der Waals surface area contributed by atoms with Gasteiger partial charge in [-0.25, -0.2) is 13.2 Å². The van der Waals surface area contributed by atoms with Crippen LogP contribution in [0.5, 0.6) is 0 Å². The van der Waals surface area contributed by atoms with E-state index in [0.29, 0.717) is 18.7 Å². The smallest absolute Gasteiger partial charge is 0.315 e. The van der Waals surface area contributed by atoms with E-state index in [2.05, 4.69) is 10.6 Å². The first-order valence-electron chi connectivity index (χ1n) is 6.67. The first kappa shape index (κ1) is 14.9. The zero-order valence-corrected chi connectivity index (χ0v) is 12.5. The topological polar surface area (TPSA) is 88.4 Å². The Bertz CT molecular complexity index is 579. The molecule has 2 rings (SSSR count). The van der Waals surface area contributed by atoms with Crippen LogP contribution in [0.4, 0.5) is 4.79 Å². The average molecular weight is 300 g/mol.